The first-order valence-electron chi connectivity index (χ1n) is 6.29. The Labute approximate surface area is 144 Å². The molecule has 0 radical (unpaired) electrons. The number of carbonyl (C=O) groups is 1. The van der Waals surface area contributed by atoms with Crippen LogP contribution in [0.5, 0.6) is 0 Å². The van der Waals surface area contributed by atoms with E-state index in [1.165, 1.54) is 0 Å². The highest BCUT2D eigenvalue weighted by molar-refractivity contribution is 7.20. The van der Waals surface area contributed by atoms with Crippen molar-refractivity contribution in [1.29, 1.82) is 0 Å². The van der Waals surface area contributed by atoms with Crippen molar-refractivity contribution in [1.82, 2.24) is 15.6 Å². The van der Waals surface area contributed by atoms with Crippen LogP contribution >= 0.6 is 47.5 Å². The standard InChI is InChI=1S/C13H15N3OS2.2ClH/c17-12(15-9-3-4-14-7-9)6-10-8-19-13(16-10)11-2-1-5-18-11;;/h1-2,5,8-9,14H,3-4,6-7H2,(H,15,17);2*1H. The highest BCUT2D eigenvalue weighted by Crippen LogP contribution is 2.27. The maximum Gasteiger partial charge on any atom is 0.226 e. The molecular weight excluding hydrogens is 349 g/mol. The summed E-state index contributed by atoms with van der Waals surface area (Å²) in [5, 5.41) is 11.3. The molecule has 1 saturated heterocycles. The van der Waals surface area contributed by atoms with Crippen molar-refractivity contribution >= 4 is 53.4 Å². The Morgan fingerprint density at radius 2 is 2.29 bits per heavy atom. The van der Waals surface area contributed by atoms with Gasteiger partial charge >= 0.3 is 0 Å². The number of amides is 1. The number of rotatable bonds is 4. The van der Waals surface area contributed by atoms with Gasteiger partial charge in [-0.05, 0) is 24.4 Å². The van der Waals surface area contributed by atoms with Crippen LogP contribution < -0.4 is 10.6 Å². The smallest absolute Gasteiger partial charge is 0.226 e. The van der Waals surface area contributed by atoms with Gasteiger partial charge in [-0.1, -0.05) is 6.07 Å². The molecule has 2 aromatic heterocycles. The van der Waals surface area contributed by atoms with Crippen LogP contribution in [0.1, 0.15) is 12.1 Å². The first-order valence-corrected chi connectivity index (χ1v) is 8.05. The Morgan fingerprint density at radius 3 is 2.95 bits per heavy atom. The summed E-state index contributed by atoms with van der Waals surface area (Å²) in [6.07, 6.45) is 1.39. The van der Waals surface area contributed by atoms with Gasteiger partial charge in [0, 0.05) is 18.0 Å². The fourth-order valence-electron chi connectivity index (χ4n) is 2.12. The summed E-state index contributed by atoms with van der Waals surface area (Å²) in [5.74, 6) is 0.0664. The molecule has 1 aliphatic rings. The van der Waals surface area contributed by atoms with E-state index in [4.69, 9.17) is 0 Å². The molecule has 21 heavy (non-hydrogen) atoms. The third-order valence-electron chi connectivity index (χ3n) is 3.05. The molecule has 2 aromatic rings. The van der Waals surface area contributed by atoms with Crippen molar-refractivity contribution in [3.63, 3.8) is 0 Å². The topological polar surface area (TPSA) is 54.0 Å². The highest BCUT2D eigenvalue weighted by atomic mass is 35.5. The number of thiazole rings is 1. The van der Waals surface area contributed by atoms with E-state index in [0.29, 0.717) is 6.42 Å². The lowest BCUT2D eigenvalue weighted by Gasteiger charge is -2.10. The van der Waals surface area contributed by atoms with E-state index in [-0.39, 0.29) is 36.8 Å². The molecule has 1 amide bonds. The quantitative estimate of drug-likeness (QED) is 0.875. The SMILES string of the molecule is Cl.Cl.O=C(Cc1csc(-c2cccs2)n1)NC1CCNC1. The van der Waals surface area contributed by atoms with Gasteiger partial charge in [-0.3, -0.25) is 4.79 Å². The van der Waals surface area contributed by atoms with Gasteiger partial charge in [0.25, 0.3) is 0 Å². The van der Waals surface area contributed by atoms with Gasteiger partial charge in [0.15, 0.2) is 0 Å². The van der Waals surface area contributed by atoms with Crippen LogP contribution in [0.15, 0.2) is 22.9 Å². The van der Waals surface area contributed by atoms with E-state index in [1.807, 2.05) is 16.8 Å². The molecule has 0 aromatic carbocycles. The zero-order valence-electron chi connectivity index (χ0n) is 11.2. The van der Waals surface area contributed by atoms with Gasteiger partial charge in [-0.25, -0.2) is 4.98 Å². The van der Waals surface area contributed by atoms with E-state index >= 15 is 0 Å². The lowest BCUT2D eigenvalue weighted by atomic mass is 10.2. The average Bonchev–Trinajstić information content (AvgIpc) is 3.09. The molecule has 2 N–H and O–H groups in total. The number of halogens is 2. The second kappa shape index (κ2) is 8.70. The average molecular weight is 366 g/mol. The third-order valence-corrected chi connectivity index (χ3v) is 4.98. The molecule has 0 spiro atoms. The summed E-state index contributed by atoms with van der Waals surface area (Å²) in [6.45, 7) is 1.87. The second-order valence-corrected chi connectivity index (χ2v) is 6.36. The first-order chi connectivity index (χ1) is 9.31. The second-order valence-electron chi connectivity index (χ2n) is 4.56. The fourth-order valence-corrected chi connectivity index (χ4v) is 3.76. The fraction of sp³-hybridized carbons (Fsp3) is 0.385. The predicted molar refractivity (Wildman–Crippen MR) is 93.0 cm³/mol. The van der Waals surface area contributed by atoms with Crippen LogP contribution in [0, 0.1) is 0 Å². The van der Waals surface area contributed by atoms with Crippen molar-refractivity contribution < 1.29 is 4.79 Å². The normalized spacial score (nSPS) is 16.9. The van der Waals surface area contributed by atoms with E-state index < -0.39 is 0 Å². The zero-order chi connectivity index (χ0) is 13.1. The number of carbonyl (C=O) groups excluding carboxylic acids is 1. The van der Waals surface area contributed by atoms with Crippen LogP contribution in [0.4, 0.5) is 0 Å². The zero-order valence-corrected chi connectivity index (χ0v) is 14.5. The molecule has 0 bridgehead atoms. The molecule has 0 saturated carbocycles. The molecule has 0 aliphatic carbocycles. The summed E-state index contributed by atoms with van der Waals surface area (Å²) in [7, 11) is 0. The van der Waals surface area contributed by atoms with E-state index in [2.05, 4.69) is 21.7 Å². The van der Waals surface area contributed by atoms with Crippen LogP contribution in [-0.2, 0) is 11.2 Å². The third kappa shape index (κ3) is 4.93. The minimum absolute atomic E-state index is 0. The van der Waals surface area contributed by atoms with Gasteiger partial charge in [0.1, 0.15) is 5.01 Å². The summed E-state index contributed by atoms with van der Waals surface area (Å²) < 4.78 is 0. The number of aromatic nitrogens is 1. The Kier molecular flexibility index (Phi) is 7.62. The highest BCUT2D eigenvalue weighted by Gasteiger charge is 2.17. The van der Waals surface area contributed by atoms with Gasteiger partial charge in [-0.15, -0.1) is 47.5 Å². The van der Waals surface area contributed by atoms with Crippen LogP contribution in [-0.4, -0.2) is 30.0 Å². The van der Waals surface area contributed by atoms with E-state index in [0.717, 1.165) is 35.1 Å². The molecule has 4 nitrogen and oxygen atoms in total. The van der Waals surface area contributed by atoms with Crippen molar-refractivity contribution in [3.8, 4) is 9.88 Å². The summed E-state index contributed by atoms with van der Waals surface area (Å²) in [6, 6.07) is 4.35. The summed E-state index contributed by atoms with van der Waals surface area (Å²) in [4.78, 5) is 17.6. The Balaban J connectivity index is 0.00000110. The molecular formula is C13H17Cl2N3OS2. The minimum Gasteiger partial charge on any atom is -0.352 e. The molecule has 1 aliphatic heterocycles. The van der Waals surface area contributed by atoms with Crippen LogP contribution in [0.3, 0.4) is 0 Å². The van der Waals surface area contributed by atoms with Crippen molar-refractivity contribution in [2.45, 2.75) is 18.9 Å². The monoisotopic (exact) mass is 365 g/mol. The number of hydrogen-bond donors (Lipinski definition) is 2. The lowest BCUT2D eigenvalue weighted by Crippen LogP contribution is -2.37. The van der Waals surface area contributed by atoms with Crippen molar-refractivity contribution in [3.05, 3.63) is 28.6 Å². The van der Waals surface area contributed by atoms with Gasteiger partial charge in [0.2, 0.25) is 5.91 Å². The van der Waals surface area contributed by atoms with Gasteiger partial charge in [0.05, 0.1) is 17.0 Å². The van der Waals surface area contributed by atoms with Crippen LogP contribution in [0.2, 0.25) is 0 Å². The number of thiophene rings is 1. The van der Waals surface area contributed by atoms with E-state index in [1.54, 1.807) is 22.7 Å². The molecule has 1 unspecified atom stereocenters. The van der Waals surface area contributed by atoms with E-state index in [9.17, 15) is 4.79 Å². The largest absolute Gasteiger partial charge is 0.352 e. The lowest BCUT2D eigenvalue weighted by molar-refractivity contribution is -0.121. The van der Waals surface area contributed by atoms with Gasteiger partial charge < -0.3 is 10.6 Å². The van der Waals surface area contributed by atoms with Gasteiger partial charge in [-0.2, -0.15) is 0 Å². The molecule has 1 fully saturated rings. The summed E-state index contributed by atoms with van der Waals surface area (Å²) >= 11 is 3.27. The molecule has 116 valence electrons. The molecule has 8 heteroatoms. The Morgan fingerprint density at radius 1 is 1.43 bits per heavy atom. The van der Waals surface area contributed by atoms with Crippen molar-refractivity contribution in [2.24, 2.45) is 0 Å². The van der Waals surface area contributed by atoms with Crippen molar-refractivity contribution in [2.75, 3.05) is 13.1 Å². The Hall–Kier alpha value is -0.660. The maximum atomic E-state index is 11.9. The molecule has 3 heterocycles. The maximum absolute atomic E-state index is 11.9. The summed E-state index contributed by atoms with van der Waals surface area (Å²) in [5.41, 5.74) is 0.858. The van der Waals surface area contributed by atoms with Crippen LogP contribution in [0.25, 0.3) is 9.88 Å². The number of nitrogens with one attached hydrogen (secondary N) is 2. The molecule has 3 rings (SSSR count). The Bertz CT molecular complexity index is 554. The molecule has 1 atom stereocenters. The first kappa shape index (κ1) is 18.4. The predicted octanol–water partition coefficient (Wildman–Crippen LogP) is 2.74. The minimum atomic E-state index is 0. The number of hydrogen-bond acceptors (Lipinski definition) is 5. The number of nitrogens with zero attached hydrogens (tertiary/aromatic N) is 1.